The predicted octanol–water partition coefficient (Wildman–Crippen LogP) is 3.11. The summed E-state index contributed by atoms with van der Waals surface area (Å²) >= 11 is -1.02. The summed E-state index contributed by atoms with van der Waals surface area (Å²) in [6.07, 6.45) is 14.1. The van der Waals surface area contributed by atoms with Gasteiger partial charge in [0.15, 0.2) is 0 Å². The summed E-state index contributed by atoms with van der Waals surface area (Å²) < 4.78 is 3.49. The van der Waals surface area contributed by atoms with Gasteiger partial charge in [-0.2, -0.15) is 0 Å². The van der Waals surface area contributed by atoms with Gasteiger partial charge in [-0.15, -0.1) is 0 Å². The quantitative estimate of drug-likeness (QED) is 0.317. The van der Waals surface area contributed by atoms with Crippen LogP contribution >= 0.6 is 0 Å². The monoisotopic (exact) mass is 654 g/mol. The van der Waals surface area contributed by atoms with Gasteiger partial charge in [-0.3, -0.25) is 0 Å². The standard InChI is InChI=1S/2C19H19.2ClH.Zr/c2*1-2-8-14(9-3-1)19-17-12-6-4-10-15(17)16-11-5-7-13-18(16)19;;;/h2*4-7,10-12,14,19H,1-3,8-9H2;2*1H;/q;;;;+2/p-2. The molecule has 0 spiro atoms. The topological polar surface area (TPSA) is 0 Å². The molecule has 0 heterocycles. The SMILES string of the molecule is [Cl-].[Cl-].c1ccc2c(c1)-c1ccc[c]([Zr+2][c]3cccc4c3C(C3CCCCC3)c3ccccc3-4)c1C2C1CCCCC1. The number of hydrogen-bond donors (Lipinski definition) is 0. The Bertz CT molecular complexity index is 1410. The first-order chi connectivity index (χ1) is 19.4. The third-order valence-electron chi connectivity index (χ3n) is 10.5. The molecule has 2 unspecified atom stereocenters. The molecule has 0 aliphatic heterocycles. The van der Waals surface area contributed by atoms with Crippen molar-refractivity contribution in [3.8, 4) is 22.3 Å². The summed E-state index contributed by atoms with van der Waals surface area (Å²) in [6, 6.07) is 33.6. The van der Waals surface area contributed by atoms with Crippen LogP contribution < -0.4 is 31.4 Å². The van der Waals surface area contributed by atoms with Gasteiger partial charge in [-0.05, 0) is 0 Å². The van der Waals surface area contributed by atoms with Crippen LogP contribution in [-0.2, 0) is 23.2 Å². The van der Waals surface area contributed by atoms with E-state index in [1.54, 1.807) is 39.9 Å². The number of rotatable bonds is 4. The van der Waals surface area contributed by atoms with Crippen LogP contribution in [0.5, 0.6) is 0 Å². The Labute approximate surface area is 270 Å². The van der Waals surface area contributed by atoms with Gasteiger partial charge >= 0.3 is 247 Å². The number of hydrogen-bond acceptors (Lipinski definition) is 0. The van der Waals surface area contributed by atoms with Crippen LogP contribution in [0.3, 0.4) is 0 Å². The molecule has 41 heavy (non-hydrogen) atoms. The Kier molecular flexibility index (Phi) is 8.98. The summed E-state index contributed by atoms with van der Waals surface area (Å²) in [5, 5.41) is 0. The van der Waals surface area contributed by atoms with Gasteiger partial charge in [-0.1, -0.05) is 0 Å². The van der Waals surface area contributed by atoms with Crippen LogP contribution in [0.4, 0.5) is 0 Å². The second kappa shape index (κ2) is 12.5. The molecule has 4 aromatic carbocycles. The van der Waals surface area contributed by atoms with Crippen molar-refractivity contribution in [2.24, 2.45) is 11.8 Å². The van der Waals surface area contributed by atoms with Crippen molar-refractivity contribution in [2.45, 2.75) is 76.0 Å². The zero-order valence-corrected chi connectivity index (χ0v) is 27.7. The minimum atomic E-state index is -1.02. The van der Waals surface area contributed by atoms with Crippen molar-refractivity contribution < 1.29 is 48.0 Å². The first-order valence-corrected chi connectivity index (χ1v) is 18.1. The average Bonchev–Trinajstić information content (AvgIpc) is 3.53. The molecule has 4 aromatic rings. The Hall–Kier alpha value is -1.66. The van der Waals surface area contributed by atoms with Crippen molar-refractivity contribution in [1.29, 1.82) is 0 Å². The molecule has 0 N–H and O–H groups in total. The van der Waals surface area contributed by atoms with Crippen LogP contribution in [-0.4, -0.2) is 0 Å². The molecule has 8 rings (SSSR count). The van der Waals surface area contributed by atoms with Crippen LogP contribution in [0, 0.1) is 11.8 Å². The zero-order valence-electron chi connectivity index (χ0n) is 23.7. The Morgan fingerprint density at radius 3 is 1.24 bits per heavy atom. The molecule has 0 aromatic heterocycles. The van der Waals surface area contributed by atoms with Crippen molar-refractivity contribution >= 4 is 6.54 Å². The minimum absolute atomic E-state index is 0. The summed E-state index contributed by atoms with van der Waals surface area (Å²) in [6.45, 7) is 0. The normalized spacial score (nSPS) is 21.0. The van der Waals surface area contributed by atoms with E-state index < -0.39 is 23.2 Å². The van der Waals surface area contributed by atoms with Gasteiger partial charge in [0.1, 0.15) is 0 Å². The molecule has 2 atom stereocenters. The number of fused-ring (bicyclic) bond motifs is 6. The van der Waals surface area contributed by atoms with E-state index in [-0.39, 0.29) is 24.8 Å². The Morgan fingerprint density at radius 2 is 0.805 bits per heavy atom. The Balaban J connectivity index is 0.00000151. The van der Waals surface area contributed by atoms with E-state index in [9.17, 15) is 0 Å². The third-order valence-corrected chi connectivity index (χ3v) is 14.0. The third kappa shape index (κ3) is 5.03. The van der Waals surface area contributed by atoms with Crippen molar-refractivity contribution in [3.63, 3.8) is 0 Å². The molecule has 0 radical (unpaired) electrons. The van der Waals surface area contributed by atoms with Crippen LogP contribution in [0.1, 0.15) is 98.3 Å². The predicted molar refractivity (Wildman–Crippen MR) is 160 cm³/mol. The van der Waals surface area contributed by atoms with Crippen LogP contribution in [0.15, 0.2) is 84.9 Å². The molecule has 0 nitrogen and oxygen atoms in total. The van der Waals surface area contributed by atoms with Crippen LogP contribution in [0.25, 0.3) is 22.3 Å². The summed E-state index contributed by atoms with van der Waals surface area (Å²) in [5.41, 5.74) is 12.9. The summed E-state index contributed by atoms with van der Waals surface area (Å²) in [4.78, 5) is 0. The molecule has 2 fully saturated rings. The zero-order chi connectivity index (χ0) is 25.8. The molecule has 208 valence electrons. The van der Waals surface area contributed by atoms with Gasteiger partial charge in [0.05, 0.1) is 0 Å². The fourth-order valence-electron chi connectivity index (χ4n) is 8.89. The molecular formula is C38H38Cl2Zr. The fourth-order valence-corrected chi connectivity index (χ4v) is 12.6. The molecule has 0 saturated heterocycles. The van der Waals surface area contributed by atoms with Crippen LogP contribution in [0.2, 0.25) is 0 Å². The molecular weight excluding hydrogens is 619 g/mol. The van der Waals surface area contributed by atoms with E-state index in [4.69, 9.17) is 0 Å². The van der Waals surface area contributed by atoms with E-state index in [1.165, 1.54) is 75.3 Å². The Morgan fingerprint density at radius 1 is 0.415 bits per heavy atom. The molecule has 2 saturated carbocycles. The number of benzene rings is 4. The van der Waals surface area contributed by atoms with Gasteiger partial charge < -0.3 is 24.8 Å². The number of halogens is 2. The first kappa shape index (κ1) is 29.4. The molecule has 4 aliphatic rings. The van der Waals surface area contributed by atoms with Crippen molar-refractivity contribution in [2.75, 3.05) is 0 Å². The van der Waals surface area contributed by atoms with Gasteiger partial charge in [0.25, 0.3) is 0 Å². The fraction of sp³-hybridized carbons (Fsp3) is 0.368. The van der Waals surface area contributed by atoms with Gasteiger partial charge in [0, 0.05) is 0 Å². The molecule has 4 aliphatic carbocycles. The average molecular weight is 657 g/mol. The summed E-state index contributed by atoms with van der Waals surface area (Å²) in [7, 11) is 0. The maximum absolute atomic E-state index is 2.55. The maximum atomic E-state index is 2.55. The second-order valence-electron chi connectivity index (χ2n) is 12.6. The molecule has 0 bridgehead atoms. The molecule has 0 amide bonds. The second-order valence-corrected chi connectivity index (χ2v) is 15.8. The van der Waals surface area contributed by atoms with Gasteiger partial charge in [0.2, 0.25) is 0 Å². The summed E-state index contributed by atoms with van der Waals surface area (Å²) in [5.74, 6) is 2.83. The van der Waals surface area contributed by atoms with E-state index >= 15 is 0 Å². The van der Waals surface area contributed by atoms with Crippen molar-refractivity contribution in [1.82, 2.24) is 0 Å². The van der Waals surface area contributed by atoms with E-state index in [2.05, 4.69) is 84.9 Å². The van der Waals surface area contributed by atoms with Crippen molar-refractivity contribution in [3.05, 3.63) is 107 Å². The molecule has 3 heteroatoms. The first-order valence-electron chi connectivity index (χ1n) is 15.6. The van der Waals surface area contributed by atoms with Gasteiger partial charge in [-0.25, -0.2) is 0 Å². The van der Waals surface area contributed by atoms with E-state index in [1.807, 2.05) is 0 Å². The van der Waals surface area contributed by atoms with E-state index in [0.717, 1.165) is 11.8 Å². The van der Waals surface area contributed by atoms with E-state index in [0.29, 0.717) is 11.8 Å².